The highest BCUT2D eigenvalue weighted by molar-refractivity contribution is 5.22. The van der Waals surface area contributed by atoms with Gasteiger partial charge in [0.25, 0.3) is 0 Å². The van der Waals surface area contributed by atoms with Crippen LogP contribution in [0, 0.1) is 0 Å². The van der Waals surface area contributed by atoms with Crippen molar-refractivity contribution in [2.45, 2.75) is 32.9 Å². The number of nitrogens with zero attached hydrogens (tertiary/aromatic N) is 2. The third-order valence-corrected chi connectivity index (χ3v) is 4.00. The smallest absolute Gasteiger partial charge is 0.0234 e. The van der Waals surface area contributed by atoms with Crippen molar-refractivity contribution < 1.29 is 0 Å². The fourth-order valence-corrected chi connectivity index (χ4v) is 2.69. The molecule has 0 aromatic heterocycles. The summed E-state index contributed by atoms with van der Waals surface area (Å²) in [5.41, 5.74) is 2.83. The third-order valence-electron chi connectivity index (χ3n) is 4.00. The van der Waals surface area contributed by atoms with Crippen molar-refractivity contribution in [2.24, 2.45) is 0 Å². The highest BCUT2D eigenvalue weighted by Gasteiger charge is 2.11. The lowest BCUT2D eigenvalue weighted by Gasteiger charge is -2.20. The average molecular weight is 275 g/mol. The van der Waals surface area contributed by atoms with E-state index in [1.807, 2.05) is 0 Å². The second kappa shape index (κ2) is 8.40. The summed E-state index contributed by atoms with van der Waals surface area (Å²) in [6.07, 6.45) is 2.48. The fraction of sp³-hybridized carbons (Fsp3) is 0.647. The number of likely N-dealkylation sites (N-methyl/N-ethyl adjacent to an activating group) is 1. The first-order chi connectivity index (χ1) is 9.78. The molecule has 112 valence electrons. The molecular formula is C17H29N3. The minimum atomic E-state index is 0.989. The van der Waals surface area contributed by atoms with Crippen molar-refractivity contribution in [1.82, 2.24) is 15.1 Å². The zero-order chi connectivity index (χ0) is 14.2. The Labute approximate surface area is 124 Å². The maximum Gasteiger partial charge on any atom is 0.0234 e. The van der Waals surface area contributed by atoms with Crippen LogP contribution in [-0.4, -0.2) is 49.6 Å². The first kappa shape index (κ1) is 15.5. The molecule has 0 unspecified atom stereocenters. The monoisotopic (exact) mass is 275 g/mol. The molecule has 0 saturated carbocycles. The van der Waals surface area contributed by atoms with Gasteiger partial charge in [-0.25, -0.2) is 0 Å². The predicted molar refractivity (Wildman–Crippen MR) is 85.8 cm³/mol. The van der Waals surface area contributed by atoms with E-state index in [1.54, 1.807) is 0 Å². The van der Waals surface area contributed by atoms with Gasteiger partial charge in [0.05, 0.1) is 0 Å². The largest absolute Gasteiger partial charge is 0.313 e. The summed E-state index contributed by atoms with van der Waals surface area (Å²) < 4.78 is 0. The van der Waals surface area contributed by atoms with Crippen LogP contribution in [-0.2, 0) is 13.1 Å². The van der Waals surface area contributed by atoms with Crippen LogP contribution in [0.5, 0.6) is 0 Å². The lowest BCUT2D eigenvalue weighted by Crippen LogP contribution is -2.28. The second-order valence-corrected chi connectivity index (χ2v) is 5.93. The maximum atomic E-state index is 3.45. The molecule has 3 nitrogen and oxygen atoms in total. The molecule has 1 N–H and O–H groups in total. The molecule has 0 bridgehead atoms. The van der Waals surface area contributed by atoms with Gasteiger partial charge < -0.3 is 10.2 Å². The molecule has 1 aliphatic rings. The van der Waals surface area contributed by atoms with Crippen LogP contribution in [0.3, 0.4) is 0 Å². The van der Waals surface area contributed by atoms with Crippen LogP contribution in [0.1, 0.15) is 30.9 Å². The summed E-state index contributed by atoms with van der Waals surface area (Å²) in [4.78, 5) is 5.01. The normalized spacial score (nSPS) is 18.1. The Hall–Kier alpha value is -0.900. The van der Waals surface area contributed by atoms with Crippen LogP contribution in [0.15, 0.2) is 24.3 Å². The molecule has 1 fully saturated rings. The Balaban J connectivity index is 1.80. The lowest BCUT2D eigenvalue weighted by atomic mass is 10.1. The van der Waals surface area contributed by atoms with Crippen molar-refractivity contribution in [2.75, 3.05) is 39.8 Å². The van der Waals surface area contributed by atoms with Crippen LogP contribution in [0.4, 0.5) is 0 Å². The molecule has 0 spiro atoms. The van der Waals surface area contributed by atoms with Crippen molar-refractivity contribution in [3.63, 3.8) is 0 Å². The summed E-state index contributed by atoms with van der Waals surface area (Å²) in [5, 5.41) is 3.45. The van der Waals surface area contributed by atoms with Crippen LogP contribution in [0.2, 0.25) is 0 Å². The molecule has 0 radical (unpaired) electrons. The van der Waals surface area contributed by atoms with Gasteiger partial charge in [-0.1, -0.05) is 31.2 Å². The van der Waals surface area contributed by atoms with Gasteiger partial charge in [-0.3, -0.25) is 4.90 Å². The SMILES string of the molecule is CCCNCc1ccc(CN2CCCN(C)CC2)cc1. The van der Waals surface area contributed by atoms with E-state index >= 15 is 0 Å². The zero-order valence-electron chi connectivity index (χ0n) is 13.1. The third kappa shape index (κ3) is 5.23. The first-order valence-corrected chi connectivity index (χ1v) is 7.97. The summed E-state index contributed by atoms with van der Waals surface area (Å²) in [5.74, 6) is 0. The maximum absolute atomic E-state index is 3.45. The van der Waals surface area contributed by atoms with E-state index in [2.05, 4.69) is 53.4 Å². The number of nitrogens with one attached hydrogen (secondary N) is 1. The van der Waals surface area contributed by atoms with Gasteiger partial charge in [0.1, 0.15) is 0 Å². The Bertz CT molecular complexity index is 374. The summed E-state index contributed by atoms with van der Waals surface area (Å²) in [7, 11) is 2.22. The minimum Gasteiger partial charge on any atom is -0.313 e. The van der Waals surface area contributed by atoms with Gasteiger partial charge in [0.15, 0.2) is 0 Å². The number of benzene rings is 1. The van der Waals surface area contributed by atoms with Crippen LogP contribution < -0.4 is 5.32 Å². The summed E-state index contributed by atoms with van der Waals surface area (Å²) in [6.45, 7) is 10.2. The van der Waals surface area contributed by atoms with Gasteiger partial charge in [0.2, 0.25) is 0 Å². The standard InChI is InChI=1S/C17H29N3/c1-3-9-18-14-16-5-7-17(8-6-16)15-20-11-4-10-19(2)12-13-20/h5-8,18H,3-4,9-15H2,1-2H3. The summed E-state index contributed by atoms with van der Waals surface area (Å²) >= 11 is 0. The second-order valence-electron chi connectivity index (χ2n) is 5.93. The fourth-order valence-electron chi connectivity index (χ4n) is 2.69. The molecule has 2 rings (SSSR count). The molecule has 1 saturated heterocycles. The Morgan fingerprint density at radius 3 is 2.50 bits per heavy atom. The van der Waals surface area contributed by atoms with E-state index in [9.17, 15) is 0 Å². The number of rotatable bonds is 6. The molecule has 20 heavy (non-hydrogen) atoms. The molecule has 1 heterocycles. The molecule has 1 aromatic rings. The van der Waals surface area contributed by atoms with Crippen molar-refractivity contribution in [1.29, 1.82) is 0 Å². The molecule has 0 amide bonds. The number of hydrogen-bond acceptors (Lipinski definition) is 3. The quantitative estimate of drug-likeness (QED) is 0.804. The molecule has 3 heteroatoms. The van der Waals surface area contributed by atoms with Gasteiger partial charge >= 0.3 is 0 Å². The highest BCUT2D eigenvalue weighted by Crippen LogP contribution is 2.10. The van der Waals surface area contributed by atoms with E-state index in [4.69, 9.17) is 0 Å². The van der Waals surface area contributed by atoms with Crippen molar-refractivity contribution in [3.8, 4) is 0 Å². The van der Waals surface area contributed by atoms with Crippen LogP contribution >= 0.6 is 0 Å². The molecule has 1 aromatic carbocycles. The molecule has 0 aliphatic carbocycles. The molecule has 0 atom stereocenters. The number of hydrogen-bond donors (Lipinski definition) is 1. The van der Waals surface area contributed by atoms with E-state index in [0.717, 1.165) is 19.6 Å². The Morgan fingerprint density at radius 1 is 1.00 bits per heavy atom. The predicted octanol–water partition coefficient (Wildman–Crippen LogP) is 2.32. The van der Waals surface area contributed by atoms with Crippen molar-refractivity contribution >= 4 is 0 Å². The Morgan fingerprint density at radius 2 is 1.75 bits per heavy atom. The molecular weight excluding hydrogens is 246 g/mol. The van der Waals surface area contributed by atoms with Gasteiger partial charge in [-0.2, -0.15) is 0 Å². The highest BCUT2D eigenvalue weighted by atomic mass is 15.2. The van der Waals surface area contributed by atoms with Gasteiger partial charge in [0, 0.05) is 26.2 Å². The Kier molecular flexibility index (Phi) is 6.51. The van der Waals surface area contributed by atoms with E-state index in [-0.39, 0.29) is 0 Å². The van der Waals surface area contributed by atoms with Crippen LogP contribution in [0.25, 0.3) is 0 Å². The topological polar surface area (TPSA) is 18.5 Å². The van der Waals surface area contributed by atoms with E-state index in [0.29, 0.717) is 0 Å². The van der Waals surface area contributed by atoms with E-state index < -0.39 is 0 Å². The first-order valence-electron chi connectivity index (χ1n) is 7.97. The van der Waals surface area contributed by atoms with E-state index in [1.165, 1.54) is 50.1 Å². The minimum absolute atomic E-state index is 0.989. The van der Waals surface area contributed by atoms with Crippen molar-refractivity contribution in [3.05, 3.63) is 35.4 Å². The van der Waals surface area contributed by atoms with Gasteiger partial charge in [-0.05, 0) is 50.7 Å². The lowest BCUT2D eigenvalue weighted by molar-refractivity contribution is 0.269. The van der Waals surface area contributed by atoms with Gasteiger partial charge in [-0.15, -0.1) is 0 Å². The average Bonchev–Trinajstić information content (AvgIpc) is 2.66. The molecule has 1 aliphatic heterocycles. The summed E-state index contributed by atoms with van der Waals surface area (Å²) in [6, 6.07) is 9.11. The zero-order valence-corrected chi connectivity index (χ0v) is 13.1.